The average molecular weight is 250 g/mol. The molecule has 0 spiro atoms. The molecule has 2 rings (SSSR count). The van der Waals surface area contributed by atoms with E-state index in [0.717, 1.165) is 37.1 Å². The Morgan fingerprint density at radius 2 is 1.94 bits per heavy atom. The molecule has 0 saturated heterocycles. The molecule has 0 aliphatic heterocycles. The summed E-state index contributed by atoms with van der Waals surface area (Å²) in [5.74, 6) is 0.738. The Morgan fingerprint density at radius 1 is 1.28 bits per heavy atom. The first-order valence-corrected chi connectivity index (χ1v) is 6.71. The number of nitrogens with zero attached hydrogens (tertiary/aromatic N) is 2. The van der Waals surface area contributed by atoms with E-state index in [1.54, 1.807) is 13.3 Å². The minimum Gasteiger partial charge on any atom is -0.390 e. The molecule has 0 radical (unpaired) electrons. The van der Waals surface area contributed by atoms with Crippen LogP contribution in [0, 0.1) is 6.92 Å². The number of aliphatic hydroxyl groups excluding tert-OH is 1. The van der Waals surface area contributed by atoms with Gasteiger partial charge in [-0.2, -0.15) is 0 Å². The lowest BCUT2D eigenvalue weighted by atomic mass is 9.93. The molecule has 4 heteroatoms. The monoisotopic (exact) mass is 250 g/mol. The molecule has 1 aliphatic rings. The van der Waals surface area contributed by atoms with Gasteiger partial charge in [-0.25, -0.2) is 9.97 Å². The van der Waals surface area contributed by atoms with Crippen LogP contribution >= 0.6 is 0 Å². The number of aryl methyl sites for hydroxylation is 1. The van der Waals surface area contributed by atoms with Crippen LogP contribution < -0.4 is 0 Å². The summed E-state index contributed by atoms with van der Waals surface area (Å²) in [7, 11) is 1.74. The summed E-state index contributed by atoms with van der Waals surface area (Å²) in [4.78, 5) is 8.96. The van der Waals surface area contributed by atoms with E-state index in [-0.39, 0.29) is 12.2 Å². The topological polar surface area (TPSA) is 55.2 Å². The van der Waals surface area contributed by atoms with E-state index >= 15 is 0 Å². The molecule has 4 nitrogen and oxygen atoms in total. The van der Waals surface area contributed by atoms with Crippen molar-refractivity contribution in [3.8, 4) is 0 Å². The van der Waals surface area contributed by atoms with Crippen LogP contribution in [0.25, 0.3) is 0 Å². The maximum atomic E-state index is 9.32. The third kappa shape index (κ3) is 2.54. The van der Waals surface area contributed by atoms with Gasteiger partial charge in [-0.3, -0.25) is 0 Å². The van der Waals surface area contributed by atoms with Crippen LogP contribution in [0.5, 0.6) is 0 Å². The molecular formula is C14H22N2O2. The number of hydrogen-bond donors (Lipinski definition) is 1. The van der Waals surface area contributed by atoms with Crippen molar-refractivity contribution in [1.29, 1.82) is 0 Å². The average Bonchev–Trinajstić information content (AvgIpc) is 2.65. The molecule has 0 unspecified atom stereocenters. The first-order chi connectivity index (χ1) is 8.72. The fourth-order valence-electron chi connectivity index (χ4n) is 2.68. The Labute approximate surface area is 108 Å². The molecule has 1 aromatic rings. The van der Waals surface area contributed by atoms with Crippen LogP contribution in [0.15, 0.2) is 6.20 Å². The Hall–Kier alpha value is -1.00. The van der Waals surface area contributed by atoms with Crippen molar-refractivity contribution in [2.45, 2.75) is 57.7 Å². The van der Waals surface area contributed by atoms with Crippen molar-refractivity contribution >= 4 is 0 Å². The molecule has 100 valence electrons. The summed E-state index contributed by atoms with van der Waals surface area (Å²) in [5.41, 5.74) is 1.29. The van der Waals surface area contributed by atoms with Gasteiger partial charge in [0.05, 0.1) is 12.3 Å². The second kappa shape index (κ2) is 5.76. The molecule has 1 heterocycles. The number of methoxy groups -OCH3 is 1. The van der Waals surface area contributed by atoms with Crippen molar-refractivity contribution in [2.75, 3.05) is 7.11 Å². The fraction of sp³-hybridized carbons (Fsp3) is 0.714. The van der Waals surface area contributed by atoms with Crippen LogP contribution in [-0.4, -0.2) is 22.2 Å². The number of aliphatic hydroxyl groups is 1. The Morgan fingerprint density at radius 3 is 2.50 bits per heavy atom. The van der Waals surface area contributed by atoms with Crippen molar-refractivity contribution in [3.05, 3.63) is 23.3 Å². The Kier molecular flexibility index (Phi) is 4.30. The molecule has 0 atom stereocenters. The molecule has 18 heavy (non-hydrogen) atoms. The lowest BCUT2D eigenvalue weighted by Gasteiger charge is -2.30. The molecule has 0 aromatic carbocycles. The molecule has 1 N–H and O–H groups in total. The van der Waals surface area contributed by atoms with Crippen LogP contribution in [0.3, 0.4) is 0 Å². The van der Waals surface area contributed by atoms with Gasteiger partial charge in [0.15, 0.2) is 5.82 Å². The van der Waals surface area contributed by atoms with Crippen LogP contribution in [0.2, 0.25) is 0 Å². The summed E-state index contributed by atoms with van der Waals surface area (Å²) in [6.07, 6.45) is 8.54. The van der Waals surface area contributed by atoms with Gasteiger partial charge >= 0.3 is 0 Å². The van der Waals surface area contributed by atoms with Crippen molar-refractivity contribution < 1.29 is 9.84 Å². The second-order valence-electron chi connectivity index (χ2n) is 5.09. The molecule has 1 aliphatic carbocycles. The van der Waals surface area contributed by atoms with Crippen molar-refractivity contribution in [1.82, 2.24) is 9.97 Å². The highest BCUT2D eigenvalue weighted by molar-refractivity contribution is 5.17. The highest BCUT2D eigenvalue weighted by atomic mass is 16.5. The molecule has 1 fully saturated rings. The van der Waals surface area contributed by atoms with Gasteiger partial charge in [-0.1, -0.05) is 25.7 Å². The second-order valence-corrected chi connectivity index (χ2v) is 5.09. The Bertz CT molecular complexity index is 399. The zero-order chi connectivity index (χ0) is 13.0. The van der Waals surface area contributed by atoms with E-state index < -0.39 is 0 Å². The van der Waals surface area contributed by atoms with Gasteiger partial charge in [-0.05, 0) is 25.3 Å². The van der Waals surface area contributed by atoms with Gasteiger partial charge in [0.25, 0.3) is 0 Å². The van der Waals surface area contributed by atoms with E-state index in [4.69, 9.17) is 4.74 Å². The lowest BCUT2D eigenvalue weighted by Crippen LogP contribution is -2.31. The summed E-state index contributed by atoms with van der Waals surface area (Å²) in [6, 6.07) is 0. The lowest BCUT2D eigenvalue weighted by molar-refractivity contribution is -0.0354. The Balaban J connectivity index is 2.36. The number of hydrogen-bond acceptors (Lipinski definition) is 4. The SMILES string of the molecule is COC1(c2ncc(C)c(CO)n2)CCCCCC1. The quantitative estimate of drug-likeness (QED) is 0.837. The highest BCUT2D eigenvalue weighted by Gasteiger charge is 2.35. The third-order valence-corrected chi connectivity index (χ3v) is 3.94. The first-order valence-electron chi connectivity index (χ1n) is 6.71. The summed E-state index contributed by atoms with van der Waals surface area (Å²) in [5, 5.41) is 9.32. The zero-order valence-electron chi connectivity index (χ0n) is 11.3. The maximum absolute atomic E-state index is 9.32. The van der Waals surface area contributed by atoms with E-state index in [1.807, 2.05) is 6.92 Å². The third-order valence-electron chi connectivity index (χ3n) is 3.94. The highest BCUT2D eigenvalue weighted by Crippen LogP contribution is 2.37. The molecular weight excluding hydrogens is 228 g/mol. The van der Waals surface area contributed by atoms with E-state index in [9.17, 15) is 5.11 Å². The molecule has 0 bridgehead atoms. The van der Waals surface area contributed by atoms with Crippen molar-refractivity contribution in [3.63, 3.8) is 0 Å². The predicted molar refractivity (Wildman–Crippen MR) is 69.1 cm³/mol. The summed E-state index contributed by atoms with van der Waals surface area (Å²) < 4.78 is 5.78. The van der Waals surface area contributed by atoms with Crippen LogP contribution in [0.1, 0.15) is 55.6 Å². The van der Waals surface area contributed by atoms with Crippen LogP contribution in [0.4, 0.5) is 0 Å². The van der Waals surface area contributed by atoms with Crippen LogP contribution in [-0.2, 0) is 16.9 Å². The smallest absolute Gasteiger partial charge is 0.160 e. The minimum absolute atomic E-state index is 0.0405. The van der Waals surface area contributed by atoms with E-state index in [0.29, 0.717) is 5.69 Å². The van der Waals surface area contributed by atoms with E-state index in [1.165, 1.54) is 12.8 Å². The number of ether oxygens (including phenoxy) is 1. The molecule has 0 amide bonds. The normalized spacial score (nSPS) is 19.5. The molecule has 1 aromatic heterocycles. The zero-order valence-corrected chi connectivity index (χ0v) is 11.3. The standard InChI is InChI=1S/C14H22N2O2/c1-11-9-15-13(16-12(11)10-17)14(18-2)7-5-3-4-6-8-14/h9,17H,3-8,10H2,1-2H3. The van der Waals surface area contributed by atoms with Gasteiger partial charge in [0.2, 0.25) is 0 Å². The summed E-state index contributed by atoms with van der Waals surface area (Å²) >= 11 is 0. The van der Waals surface area contributed by atoms with E-state index in [2.05, 4.69) is 9.97 Å². The fourth-order valence-corrected chi connectivity index (χ4v) is 2.68. The summed E-state index contributed by atoms with van der Waals surface area (Å²) in [6.45, 7) is 1.88. The van der Waals surface area contributed by atoms with Gasteiger partial charge in [0, 0.05) is 13.3 Å². The number of aromatic nitrogens is 2. The van der Waals surface area contributed by atoms with Gasteiger partial charge in [0.1, 0.15) is 5.60 Å². The predicted octanol–water partition coefficient (Wildman–Crippen LogP) is 2.47. The minimum atomic E-state index is -0.353. The van der Waals surface area contributed by atoms with Crippen molar-refractivity contribution in [2.24, 2.45) is 0 Å². The first kappa shape index (κ1) is 13.4. The largest absolute Gasteiger partial charge is 0.390 e. The van der Waals surface area contributed by atoms with Gasteiger partial charge < -0.3 is 9.84 Å². The van der Waals surface area contributed by atoms with Gasteiger partial charge in [-0.15, -0.1) is 0 Å². The number of rotatable bonds is 3. The molecule has 1 saturated carbocycles. The maximum Gasteiger partial charge on any atom is 0.160 e.